The number of nitrogens with one attached hydrogen (secondary N) is 1. The standard InChI is InChI=1S/C16H23Cl2N/c1-2-8-19-15-5-3-4-12(10-15)9-13-11-14(17)6-7-16(13)18/h6-7,11-12,15,19H,2-5,8-10H2,1H3. The smallest absolute Gasteiger partial charge is 0.0439 e. The minimum atomic E-state index is 0.691. The van der Waals surface area contributed by atoms with E-state index in [2.05, 4.69) is 12.2 Å². The highest BCUT2D eigenvalue weighted by molar-refractivity contribution is 6.33. The summed E-state index contributed by atoms with van der Waals surface area (Å²) in [5.74, 6) is 0.735. The van der Waals surface area contributed by atoms with Crippen LogP contribution in [-0.2, 0) is 6.42 Å². The second-order valence-electron chi connectivity index (χ2n) is 5.62. The Bertz CT molecular complexity index is 406. The molecule has 2 atom stereocenters. The molecule has 0 saturated heterocycles. The average molecular weight is 300 g/mol. The molecule has 0 heterocycles. The Labute approximate surface area is 126 Å². The van der Waals surface area contributed by atoms with Crippen LogP contribution in [0, 0.1) is 5.92 Å². The normalized spacial score (nSPS) is 23.5. The lowest BCUT2D eigenvalue weighted by Crippen LogP contribution is -2.35. The molecule has 1 fully saturated rings. The number of benzene rings is 1. The molecule has 0 amide bonds. The molecular weight excluding hydrogens is 277 g/mol. The molecule has 0 spiro atoms. The quantitative estimate of drug-likeness (QED) is 0.798. The molecule has 1 aliphatic rings. The van der Waals surface area contributed by atoms with Crippen LogP contribution in [0.1, 0.15) is 44.6 Å². The number of hydrogen-bond donors (Lipinski definition) is 1. The molecule has 1 saturated carbocycles. The zero-order valence-corrected chi connectivity index (χ0v) is 13.1. The second-order valence-corrected chi connectivity index (χ2v) is 6.47. The summed E-state index contributed by atoms with van der Waals surface area (Å²) in [6.45, 7) is 3.36. The van der Waals surface area contributed by atoms with E-state index < -0.39 is 0 Å². The Morgan fingerprint density at radius 1 is 1.26 bits per heavy atom. The van der Waals surface area contributed by atoms with Gasteiger partial charge in [0.05, 0.1) is 0 Å². The molecule has 1 nitrogen and oxygen atoms in total. The van der Waals surface area contributed by atoms with E-state index in [1.165, 1.54) is 37.7 Å². The van der Waals surface area contributed by atoms with Crippen LogP contribution in [0.3, 0.4) is 0 Å². The van der Waals surface area contributed by atoms with Gasteiger partial charge in [-0.25, -0.2) is 0 Å². The van der Waals surface area contributed by atoms with Crippen LogP contribution in [0.2, 0.25) is 10.0 Å². The van der Waals surface area contributed by atoms with Gasteiger partial charge in [-0.2, -0.15) is 0 Å². The molecule has 106 valence electrons. The van der Waals surface area contributed by atoms with Gasteiger partial charge in [0.15, 0.2) is 0 Å². The lowest BCUT2D eigenvalue weighted by atomic mass is 9.82. The Morgan fingerprint density at radius 2 is 2.11 bits per heavy atom. The summed E-state index contributed by atoms with van der Waals surface area (Å²) in [4.78, 5) is 0. The maximum atomic E-state index is 6.26. The van der Waals surface area contributed by atoms with E-state index in [1.54, 1.807) is 0 Å². The van der Waals surface area contributed by atoms with Crippen molar-refractivity contribution in [2.45, 2.75) is 51.5 Å². The van der Waals surface area contributed by atoms with Crippen LogP contribution in [0.25, 0.3) is 0 Å². The highest BCUT2D eigenvalue weighted by atomic mass is 35.5. The monoisotopic (exact) mass is 299 g/mol. The highest BCUT2D eigenvalue weighted by Gasteiger charge is 2.22. The minimum Gasteiger partial charge on any atom is -0.314 e. The van der Waals surface area contributed by atoms with Crippen LogP contribution < -0.4 is 5.32 Å². The lowest BCUT2D eigenvalue weighted by Gasteiger charge is -2.30. The predicted molar refractivity (Wildman–Crippen MR) is 84.2 cm³/mol. The first-order chi connectivity index (χ1) is 9.19. The average Bonchev–Trinajstić information content (AvgIpc) is 2.41. The maximum Gasteiger partial charge on any atom is 0.0439 e. The molecule has 2 unspecified atom stereocenters. The zero-order valence-electron chi connectivity index (χ0n) is 11.6. The van der Waals surface area contributed by atoms with Gasteiger partial charge in [0.25, 0.3) is 0 Å². The fraction of sp³-hybridized carbons (Fsp3) is 0.625. The van der Waals surface area contributed by atoms with E-state index in [9.17, 15) is 0 Å². The van der Waals surface area contributed by atoms with Gasteiger partial charge in [-0.05, 0) is 61.9 Å². The summed E-state index contributed by atoms with van der Waals surface area (Å²) in [5.41, 5.74) is 1.20. The van der Waals surface area contributed by atoms with Crippen LogP contribution in [0.15, 0.2) is 18.2 Å². The molecule has 1 N–H and O–H groups in total. The van der Waals surface area contributed by atoms with E-state index in [0.29, 0.717) is 6.04 Å². The van der Waals surface area contributed by atoms with Gasteiger partial charge >= 0.3 is 0 Å². The van der Waals surface area contributed by atoms with Gasteiger partial charge < -0.3 is 5.32 Å². The van der Waals surface area contributed by atoms with Crippen molar-refractivity contribution >= 4 is 23.2 Å². The van der Waals surface area contributed by atoms with Crippen LogP contribution >= 0.6 is 23.2 Å². The Morgan fingerprint density at radius 3 is 2.89 bits per heavy atom. The van der Waals surface area contributed by atoms with Gasteiger partial charge in [-0.3, -0.25) is 0 Å². The van der Waals surface area contributed by atoms with Crippen molar-refractivity contribution in [1.29, 1.82) is 0 Å². The van der Waals surface area contributed by atoms with E-state index in [4.69, 9.17) is 23.2 Å². The van der Waals surface area contributed by atoms with E-state index >= 15 is 0 Å². The third-order valence-electron chi connectivity index (χ3n) is 3.98. The van der Waals surface area contributed by atoms with Crippen molar-refractivity contribution in [3.8, 4) is 0 Å². The maximum absolute atomic E-state index is 6.26. The lowest BCUT2D eigenvalue weighted by molar-refractivity contribution is 0.284. The van der Waals surface area contributed by atoms with E-state index in [0.717, 1.165) is 28.9 Å². The summed E-state index contributed by atoms with van der Waals surface area (Å²) in [6, 6.07) is 6.48. The van der Waals surface area contributed by atoms with Crippen molar-refractivity contribution < 1.29 is 0 Å². The first-order valence-electron chi connectivity index (χ1n) is 7.36. The number of rotatable bonds is 5. The molecule has 1 aliphatic carbocycles. The molecule has 0 radical (unpaired) electrons. The first kappa shape index (κ1) is 15.2. The Hall–Kier alpha value is -0.240. The third kappa shape index (κ3) is 4.66. The van der Waals surface area contributed by atoms with Gasteiger partial charge in [0.2, 0.25) is 0 Å². The molecule has 1 aromatic rings. The van der Waals surface area contributed by atoms with E-state index in [1.807, 2.05) is 18.2 Å². The fourth-order valence-corrected chi connectivity index (χ4v) is 3.41. The SMILES string of the molecule is CCCNC1CCCC(Cc2cc(Cl)ccc2Cl)C1. The summed E-state index contributed by atoms with van der Waals surface area (Å²) in [6.07, 6.45) is 7.49. The third-order valence-corrected chi connectivity index (χ3v) is 4.59. The van der Waals surface area contributed by atoms with Crippen molar-refractivity contribution in [2.75, 3.05) is 6.54 Å². The molecule has 0 bridgehead atoms. The minimum absolute atomic E-state index is 0.691. The van der Waals surface area contributed by atoms with Gasteiger partial charge in [0.1, 0.15) is 0 Å². The Kier molecular flexibility index (Phi) is 6.00. The largest absolute Gasteiger partial charge is 0.314 e. The van der Waals surface area contributed by atoms with Crippen molar-refractivity contribution in [2.24, 2.45) is 5.92 Å². The van der Waals surface area contributed by atoms with Crippen molar-refractivity contribution in [3.63, 3.8) is 0 Å². The molecular formula is C16H23Cl2N. The second kappa shape index (κ2) is 7.52. The molecule has 0 aromatic heterocycles. The number of hydrogen-bond acceptors (Lipinski definition) is 1. The first-order valence-corrected chi connectivity index (χ1v) is 8.12. The summed E-state index contributed by atoms with van der Waals surface area (Å²) >= 11 is 12.3. The van der Waals surface area contributed by atoms with Gasteiger partial charge in [0, 0.05) is 16.1 Å². The topological polar surface area (TPSA) is 12.0 Å². The van der Waals surface area contributed by atoms with Crippen LogP contribution in [0.5, 0.6) is 0 Å². The Balaban J connectivity index is 1.93. The molecule has 19 heavy (non-hydrogen) atoms. The van der Waals surface area contributed by atoms with Gasteiger partial charge in [-0.1, -0.05) is 43.0 Å². The highest BCUT2D eigenvalue weighted by Crippen LogP contribution is 2.30. The predicted octanol–water partition coefficient (Wildman–Crippen LogP) is 5.09. The fourth-order valence-electron chi connectivity index (χ4n) is 3.02. The summed E-state index contributed by atoms with van der Waals surface area (Å²) in [5, 5.41) is 5.30. The molecule has 2 rings (SSSR count). The summed E-state index contributed by atoms with van der Waals surface area (Å²) in [7, 11) is 0. The number of halogens is 2. The molecule has 0 aliphatic heterocycles. The van der Waals surface area contributed by atoms with Gasteiger partial charge in [-0.15, -0.1) is 0 Å². The van der Waals surface area contributed by atoms with Crippen molar-refractivity contribution in [1.82, 2.24) is 5.32 Å². The zero-order chi connectivity index (χ0) is 13.7. The van der Waals surface area contributed by atoms with Crippen LogP contribution in [-0.4, -0.2) is 12.6 Å². The van der Waals surface area contributed by atoms with Crippen molar-refractivity contribution in [3.05, 3.63) is 33.8 Å². The molecule has 1 aromatic carbocycles. The molecule has 3 heteroatoms. The van der Waals surface area contributed by atoms with E-state index in [-0.39, 0.29) is 0 Å². The van der Waals surface area contributed by atoms with Crippen LogP contribution in [0.4, 0.5) is 0 Å². The summed E-state index contributed by atoms with van der Waals surface area (Å²) < 4.78 is 0.